The van der Waals surface area contributed by atoms with Crippen molar-refractivity contribution in [1.82, 2.24) is 4.90 Å². The SMILES string of the molecule is C=NCc1ccc(C(O)CN2CCCC(C(=O)OCC)C2)cc1. The van der Waals surface area contributed by atoms with Crippen LogP contribution in [-0.4, -0.2) is 48.9 Å². The summed E-state index contributed by atoms with van der Waals surface area (Å²) in [5, 5.41) is 10.4. The maximum absolute atomic E-state index is 11.9. The lowest BCUT2D eigenvalue weighted by atomic mass is 9.97. The second-order valence-corrected chi connectivity index (χ2v) is 5.99. The fourth-order valence-electron chi connectivity index (χ4n) is 3.00. The number of hydrogen-bond donors (Lipinski definition) is 1. The zero-order valence-corrected chi connectivity index (χ0v) is 13.8. The third-order valence-electron chi connectivity index (χ3n) is 4.22. The van der Waals surface area contributed by atoms with E-state index in [0.717, 1.165) is 30.5 Å². The first kappa shape index (κ1) is 17.6. The van der Waals surface area contributed by atoms with Gasteiger partial charge in [-0.05, 0) is 44.2 Å². The Bertz CT molecular complexity index is 516. The van der Waals surface area contributed by atoms with Crippen molar-refractivity contribution in [2.24, 2.45) is 10.9 Å². The van der Waals surface area contributed by atoms with E-state index in [1.165, 1.54) is 0 Å². The van der Waals surface area contributed by atoms with Gasteiger partial charge in [0, 0.05) is 13.1 Å². The van der Waals surface area contributed by atoms with E-state index in [4.69, 9.17) is 4.74 Å². The molecule has 1 N–H and O–H groups in total. The van der Waals surface area contributed by atoms with Crippen molar-refractivity contribution >= 4 is 12.7 Å². The number of benzene rings is 1. The third-order valence-corrected chi connectivity index (χ3v) is 4.22. The van der Waals surface area contributed by atoms with Gasteiger partial charge in [-0.2, -0.15) is 0 Å². The van der Waals surface area contributed by atoms with Gasteiger partial charge in [-0.3, -0.25) is 14.7 Å². The highest BCUT2D eigenvalue weighted by atomic mass is 16.5. The molecule has 0 aliphatic carbocycles. The van der Waals surface area contributed by atoms with Crippen LogP contribution in [0.1, 0.15) is 37.0 Å². The van der Waals surface area contributed by atoms with E-state index in [2.05, 4.69) is 16.6 Å². The monoisotopic (exact) mass is 318 g/mol. The number of nitrogens with zero attached hydrogens (tertiary/aromatic N) is 2. The van der Waals surface area contributed by atoms with Gasteiger partial charge in [-0.25, -0.2) is 0 Å². The average molecular weight is 318 g/mol. The number of hydrogen-bond acceptors (Lipinski definition) is 5. The molecule has 1 heterocycles. The van der Waals surface area contributed by atoms with Crippen LogP contribution in [0.5, 0.6) is 0 Å². The van der Waals surface area contributed by atoms with Crippen LogP contribution in [0.25, 0.3) is 0 Å². The van der Waals surface area contributed by atoms with Crippen molar-refractivity contribution in [3.8, 4) is 0 Å². The molecule has 5 nitrogen and oxygen atoms in total. The van der Waals surface area contributed by atoms with Crippen molar-refractivity contribution in [2.45, 2.75) is 32.4 Å². The molecule has 0 saturated carbocycles. The fourth-order valence-corrected chi connectivity index (χ4v) is 3.00. The smallest absolute Gasteiger partial charge is 0.310 e. The predicted molar refractivity (Wildman–Crippen MR) is 90.5 cm³/mol. The molecular formula is C18H26N2O3. The van der Waals surface area contributed by atoms with Crippen LogP contribution in [0.4, 0.5) is 0 Å². The van der Waals surface area contributed by atoms with E-state index in [-0.39, 0.29) is 11.9 Å². The van der Waals surface area contributed by atoms with E-state index >= 15 is 0 Å². The average Bonchev–Trinajstić information content (AvgIpc) is 2.56. The molecular weight excluding hydrogens is 292 g/mol. The maximum atomic E-state index is 11.9. The number of likely N-dealkylation sites (tertiary alicyclic amines) is 1. The van der Waals surface area contributed by atoms with Crippen LogP contribution in [0.2, 0.25) is 0 Å². The molecule has 1 fully saturated rings. The summed E-state index contributed by atoms with van der Waals surface area (Å²) in [5.41, 5.74) is 1.97. The molecule has 2 rings (SSSR count). The van der Waals surface area contributed by atoms with Gasteiger partial charge in [0.2, 0.25) is 0 Å². The van der Waals surface area contributed by atoms with Gasteiger partial charge in [-0.1, -0.05) is 24.3 Å². The number of carbonyl (C=O) groups excluding carboxylic acids is 1. The van der Waals surface area contributed by atoms with Crippen LogP contribution in [-0.2, 0) is 16.1 Å². The Labute approximate surface area is 138 Å². The van der Waals surface area contributed by atoms with Crippen molar-refractivity contribution < 1.29 is 14.6 Å². The second-order valence-electron chi connectivity index (χ2n) is 5.99. The Morgan fingerprint density at radius 3 is 2.87 bits per heavy atom. The Morgan fingerprint density at radius 1 is 1.48 bits per heavy atom. The molecule has 1 aliphatic rings. The molecule has 0 radical (unpaired) electrons. The van der Waals surface area contributed by atoms with Crippen molar-refractivity contribution in [3.05, 3.63) is 35.4 Å². The van der Waals surface area contributed by atoms with Gasteiger partial charge in [-0.15, -0.1) is 0 Å². The Balaban J connectivity index is 1.89. The van der Waals surface area contributed by atoms with Crippen LogP contribution >= 0.6 is 0 Å². The van der Waals surface area contributed by atoms with Crippen LogP contribution in [0.3, 0.4) is 0 Å². The molecule has 1 aromatic carbocycles. The summed E-state index contributed by atoms with van der Waals surface area (Å²) < 4.78 is 5.11. The minimum absolute atomic E-state index is 0.0723. The number of ether oxygens (including phenoxy) is 1. The summed E-state index contributed by atoms with van der Waals surface area (Å²) in [6, 6.07) is 7.78. The van der Waals surface area contributed by atoms with Gasteiger partial charge in [0.05, 0.1) is 25.2 Å². The maximum Gasteiger partial charge on any atom is 0.310 e. The second kappa shape index (κ2) is 8.79. The Kier molecular flexibility index (Phi) is 6.74. The lowest BCUT2D eigenvalue weighted by Crippen LogP contribution is -2.41. The van der Waals surface area contributed by atoms with E-state index < -0.39 is 6.10 Å². The summed E-state index contributed by atoms with van der Waals surface area (Å²) in [4.78, 5) is 17.9. The molecule has 5 heteroatoms. The summed E-state index contributed by atoms with van der Waals surface area (Å²) in [6.45, 7) is 8.42. The number of β-amino-alcohol motifs (C(OH)–C–C–N with tert-alkyl or cyclic N) is 1. The van der Waals surface area contributed by atoms with E-state index in [1.54, 1.807) is 0 Å². The normalized spacial score (nSPS) is 20.0. The molecule has 2 unspecified atom stereocenters. The molecule has 2 atom stereocenters. The Hall–Kier alpha value is -1.72. The minimum atomic E-state index is -0.554. The number of piperidine rings is 1. The standard InChI is InChI=1S/C18H26N2O3/c1-3-23-18(22)16-5-4-10-20(12-16)13-17(21)15-8-6-14(7-9-15)11-19-2/h6-9,16-17,21H,2-5,10-13H2,1H3. The topological polar surface area (TPSA) is 62.1 Å². The van der Waals surface area contributed by atoms with Crippen molar-refractivity contribution in [3.63, 3.8) is 0 Å². The highest BCUT2D eigenvalue weighted by Crippen LogP contribution is 2.22. The predicted octanol–water partition coefficient (Wildman–Crippen LogP) is 2.20. The van der Waals surface area contributed by atoms with Gasteiger partial charge >= 0.3 is 5.97 Å². The van der Waals surface area contributed by atoms with E-state index in [1.807, 2.05) is 31.2 Å². The minimum Gasteiger partial charge on any atom is -0.466 e. The molecule has 23 heavy (non-hydrogen) atoms. The molecule has 1 aliphatic heterocycles. The number of carbonyl (C=O) groups is 1. The summed E-state index contributed by atoms with van der Waals surface area (Å²) in [7, 11) is 0. The molecule has 0 amide bonds. The van der Waals surface area contributed by atoms with E-state index in [0.29, 0.717) is 26.2 Å². The highest BCUT2D eigenvalue weighted by molar-refractivity contribution is 5.72. The van der Waals surface area contributed by atoms with Crippen LogP contribution in [0.15, 0.2) is 29.3 Å². The summed E-state index contributed by atoms with van der Waals surface area (Å²) >= 11 is 0. The number of esters is 1. The Morgan fingerprint density at radius 2 is 2.22 bits per heavy atom. The quantitative estimate of drug-likeness (QED) is 0.618. The lowest BCUT2D eigenvalue weighted by Gasteiger charge is -2.32. The highest BCUT2D eigenvalue weighted by Gasteiger charge is 2.27. The molecule has 0 aromatic heterocycles. The first-order valence-corrected chi connectivity index (χ1v) is 8.22. The number of aliphatic hydroxyl groups excluding tert-OH is 1. The van der Waals surface area contributed by atoms with Crippen molar-refractivity contribution in [2.75, 3.05) is 26.2 Å². The zero-order valence-electron chi connectivity index (χ0n) is 13.8. The zero-order chi connectivity index (χ0) is 16.7. The largest absolute Gasteiger partial charge is 0.466 e. The fraction of sp³-hybridized carbons (Fsp3) is 0.556. The van der Waals surface area contributed by atoms with Gasteiger partial charge in [0.1, 0.15) is 0 Å². The number of rotatable bonds is 7. The number of aliphatic hydroxyl groups is 1. The van der Waals surface area contributed by atoms with Gasteiger partial charge in [0.15, 0.2) is 0 Å². The molecule has 126 valence electrons. The molecule has 1 aromatic rings. The van der Waals surface area contributed by atoms with Crippen LogP contribution in [0, 0.1) is 5.92 Å². The summed E-state index contributed by atoms with van der Waals surface area (Å²) in [6.07, 6.45) is 1.27. The van der Waals surface area contributed by atoms with Gasteiger partial charge < -0.3 is 9.84 Å². The third kappa shape index (κ3) is 5.15. The van der Waals surface area contributed by atoms with Gasteiger partial charge in [0.25, 0.3) is 0 Å². The van der Waals surface area contributed by atoms with E-state index in [9.17, 15) is 9.90 Å². The molecule has 0 spiro atoms. The molecule has 0 bridgehead atoms. The first-order chi connectivity index (χ1) is 11.1. The van der Waals surface area contributed by atoms with Crippen LogP contribution < -0.4 is 0 Å². The number of aliphatic imine (C=N–C) groups is 1. The molecule has 1 saturated heterocycles. The van der Waals surface area contributed by atoms with Crippen molar-refractivity contribution in [1.29, 1.82) is 0 Å². The lowest BCUT2D eigenvalue weighted by molar-refractivity contribution is -0.150. The first-order valence-electron chi connectivity index (χ1n) is 8.22. The summed E-state index contributed by atoms with van der Waals surface area (Å²) in [5.74, 6) is -0.190.